The average Bonchev–Trinajstić information content (AvgIpc) is 2.78. The lowest BCUT2D eigenvalue weighted by molar-refractivity contribution is -0.123. The third-order valence-corrected chi connectivity index (χ3v) is 4.43. The SMILES string of the molecule is CC(C)CC(O)CNC(=O)C1CC2CCCCC2N1.Cl. The van der Waals surface area contributed by atoms with Gasteiger partial charge >= 0.3 is 0 Å². The molecule has 20 heavy (non-hydrogen) atoms. The van der Waals surface area contributed by atoms with Crippen molar-refractivity contribution in [2.24, 2.45) is 11.8 Å². The number of fused-ring (bicyclic) bond motifs is 1. The summed E-state index contributed by atoms with van der Waals surface area (Å²) in [6, 6.07) is 0.504. The van der Waals surface area contributed by atoms with Crippen molar-refractivity contribution in [2.75, 3.05) is 6.54 Å². The van der Waals surface area contributed by atoms with Crippen LogP contribution < -0.4 is 10.6 Å². The molecular weight excluding hydrogens is 276 g/mol. The summed E-state index contributed by atoms with van der Waals surface area (Å²) in [6.45, 7) is 4.53. The fraction of sp³-hybridized carbons (Fsp3) is 0.933. The summed E-state index contributed by atoms with van der Waals surface area (Å²) < 4.78 is 0. The molecule has 0 aromatic rings. The molecule has 4 atom stereocenters. The summed E-state index contributed by atoms with van der Waals surface area (Å²) in [5.74, 6) is 1.21. The van der Waals surface area contributed by atoms with E-state index in [0.717, 1.165) is 12.8 Å². The van der Waals surface area contributed by atoms with Crippen LogP contribution in [0.1, 0.15) is 52.4 Å². The van der Waals surface area contributed by atoms with Crippen LogP contribution in [-0.4, -0.2) is 35.7 Å². The Morgan fingerprint density at radius 3 is 2.70 bits per heavy atom. The lowest BCUT2D eigenvalue weighted by Gasteiger charge is -2.24. The largest absolute Gasteiger partial charge is 0.391 e. The van der Waals surface area contributed by atoms with Gasteiger partial charge in [-0.25, -0.2) is 0 Å². The maximum atomic E-state index is 12.1. The second-order valence-electron chi connectivity index (χ2n) is 6.63. The van der Waals surface area contributed by atoms with Gasteiger partial charge in [0.15, 0.2) is 0 Å². The maximum Gasteiger partial charge on any atom is 0.237 e. The summed E-state index contributed by atoms with van der Waals surface area (Å²) in [7, 11) is 0. The number of hydrogen-bond donors (Lipinski definition) is 3. The maximum absolute atomic E-state index is 12.1. The van der Waals surface area contributed by atoms with Gasteiger partial charge in [-0.05, 0) is 37.5 Å². The highest BCUT2D eigenvalue weighted by Gasteiger charge is 2.38. The number of amides is 1. The topological polar surface area (TPSA) is 61.4 Å². The van der Waals surface area contributed by atoms with Gasteiger partial charge in [-0.1, -0.05) is 26.7 Å². The minimum Gasteiger partial charge on any atom is -0.391 e. The van der Waals surface area contributed by atoms with Crippen molar-refractivity contribution in [3.63, 3.8) is 0 Å². The first-order valence-electron chi connectivity index (χ1n) is 7.78. The number of nitrogens with one attached hydrogen (secondary N) is 2. The molecule has 0 aromatic carbocycles. The van der Waals surface area contributed by atoms with Gasteiger partial charge in [0.1, 0.15) is 0 Å². The Labute approximate surface area is 128 Å². The Bertz CT molecular complexity index is 298. The van der Waals surface area contributed by atoms with E-state index >= 15 is 0 Å². The summed E-state index contributed by atoms with van der Waals surface area (Å²) in [4.78, 5) is 12.1. The lowest BCUT2D eigenvalue weighted by Crippen LogP contribution is -2.45. The van der Waals surface area contributed by atoms with Crippen LogP contribution in [0.5, 0.6) is 0 Å². The van der Waals surface area contributed by atoms with E-state index in [2.05, 4.69) is 24.5 Å². The number of aliphatic hydroxyl groups is 1. The van der Waals surface area contributed by atoms with Gasteiger partial charge in [0.05, 0.1) is 12.1 Å². The van der Waals surface area contributed by atoms with Crippen LogP contribution >= 0.6 is 12.4 Å². The molecule has 4 unspecified atom stereocenters. The second-order valence-corrected chi connectivity index (χ2v) is 6.63. The fourth-order valence-electron chi connectivity index (χ4n) is 3.49. The summed E-state index contributed by atoms with van der Waals surface area (Å²) in [6.07, 6.45) is 6.36. The molecule has 118 valence electrons. The predicted octanol–water partition coefficient (Wildman–Crippen LogP) is 1.85. The van der Waals surface area contributed by atoms with E-state index in [4.69, 9.17) is 0 Å². The van der Waals surface area contributed by atoms with E-state index in [-0.39, 0.29) is 24.4 Å². The van der Waals surface area contributed by atoms with Crippen molar-refractivity contribution >= 4 is 18.3 Å². The number of halogens is 1. The van der Waals surface area contributed by atoms with Crippen LogP contribution in [0.25, 0.3) is 0 Å². The van der Waals surface area contributed by atoms with Gasteiger partial charge in [-0.2, -0.15) is 0 Å². The Morgan fingerprint density at radius 2 is 2.05 bits per heavy atom. The van der Waals surface area contributed by atoms with Gasteiger partial charge in [0.2, 0.25) is 5.91 Å². The molecule has 2 rings (SSSR count). The van der Waals surface area contributed by atoms with Gasteiger partial charge < -0.3 is 15.7 Å². The highest BCUT2D eigenvalue weighted by atomic mass is 35.5. The summed E-state index contributed by atoms with van der Waals surface area (Å²) >= 11 is 0. The molecule has 3 N–H and O–H groups in total. The highest BCUT2D eigenvalue weighted by Crippen LogP contribution is 2.33. The van der Waals surface area contributed by atoms with Crippen LogP contribution in [0.2, 0.25) is 0 Å². The van der Waals surface area contributed by atoms with Crippen molar-refractivity contribution in [3.8, 4) is 0 Å². The predicted molar refractivity (Wildman–Crippen MR) is 83.0 cm³/mol. The highest BCUT2D eigenvalue weighted by molar-refractivity contribution is 5.85. The van der Waals surface area contributed by atoms with Crippen LogP contribution in [0.3, 0.4) is 0 Å². The third kappa shape index (κ3) is 4.90. The molecule has 1 saturated carbocycles. The van der Waals surface area contributed by atoms with Crippen molar-refractivity contribution in [2.45, 2.75) is 70.6 Å². The van der Waals surface area contributed by atoms with E-state index in [1.165, 1.54) is 25.7 Å². The van der Waals surface area contributed by atoms with Crippen molar-refractivity contribution < 1.29 is 9.90 Å². The van der Waals surface area contributed by atoms with Gasteiger partial charge in [-0.15, -0.1) is 12.4 Å². The van der Waals surface area contributed by atoms with Crippen LogP contribution in [0.4, 0.5) is 0 Å². The molecule has 5 heteroatoms. The van der Waals surface area contributed by atoms with Gasteiger partial charge in [-0.3, -0.25) is 4.79 Å². The van der Waals surface area contributed by atoms with Crippen molar-refractivity contribution in [1.82, 2.24) is 10.6 Å². The number of rotatable bonds is 5. The molecule has 4 nitrogen and oxygen atoms in total. The Morgan fingerprint density at radius 1 is 1.35 bits per heavy atom. The standard InChI is InChI=1S/C15H28N2O2.ClH/c1-10(2)7-12(18)9-16-15(19)14-8-11-5-3-4-6-13(11)17-14;/h10-14,17-18H,3-9H2,1-2H3,(H,16,19);1H. The quantitative estimate of drug-likeness (QED) is 0.726. The van der Waals surface area contributed by atoms with E-state index in [9.17, 15) is 9.90 Å². The van der Waals surface area contributed by atoms with Crippen molar-refractivity contribution in [3.05, 3.63) is 0 Å². The smallest absolute Gasteiger partial charge is 0.237 e. The number of aliphatic hydroxyl groups excluding tert-OH is 1. The zero-order chi connectivity index (χ0) is 13.8. The Balaban J connectivity index is 0.00000200. The van der Waals surface area contributed by atoms with Gasteiger partial charge in [0.25, 0.3) is 0 Å². The van der Waals surface area contributed by atoms with E-state index < -0.39 is 6.10 Å². The molecule has 2 aliphatic rings. The fourth-order valence-corrected chi connectivity index (χ4v) is 3.49. The summed E-state index contributed by atoms with van der Waals surface area (Å²) in [5.41, 5.74) is 0. The third-order valence-electron chi connectivity index (χ3n) is 4.43. The molecule has 1 aliphatic heterocycles. The normalized spacial score (nSPS) is 30.5. The molecule has 1 amide bonds. The van der Waals surface area contributed by atoms with Crippen LogP contribution in [0.15, 0.2) is 0 Å². The van der Waals surface area contributed by atoms with E-state index in [1.807, 2.05) is 0 Å². The first kappa shape index (κ1) is 17.7. The minimum atomic E-state index is -0.423. The number of hydrogen-bond acceptors (Lipinski definition) is 3. The molecule has 0 aromatic heterocycles. The molecule has 1 saturated heterocycles. The molecule has 0 bridgehead atoms. The first-order valence-corrected chi connectivity index (χ1v) is 7.78. The molecule has 1 aliphatic carbocycles. The van der Waals surface area contributed by atoms with Gasteiger partial charge in [0, 0.05) is 12.6 Å². The molecule has 1 heterocycles. The Hall–Kier alpha value is -0.320. The Kier molecular flexibility index (Phi) is 7.27. The van der Waals surface area contributed by atoms with Crippen LogP contribution in [-0.2, 0) is 4.79 Å². The summed E-state index contributed by atoms with van der Waals surface area (Å²) in [5, 5.41) is 16.1. The molecule has 0 spiro atoms. The zero-order valence-electron chi connectivity index (χ0n) is 12.6. The minimum absolute atomic E-state index is 0. The lowest BCUT2D eigenvalue weighted by atomic mass is 9.85. The van der Waals surface area contributed by atoms with Crippen molar-refractivity contribution in [1.29, 1.82) is 0 Å². The average molecular weight is 305 g/mol. The first-order chi connectivity index (χ1) is 9.06. The molecular formula is C15H29ClN2O2. The second kappa shape index (κ2) is 8.20. The van der Waals surface area contributed by atoms with E-state index in [0.29, 0.717) is 24.4 Å². The number of carbonyl (C=O) groups is 1. The molecule has 2 fully saturated rings. The van der Waals surface area contributed by atoms with E-state index in [1.54, 1.807) is 0 Å². The number of carbonyl (C=O) groups excluding carboxylic acids is 1. The zero-order valence-corrected chi connectivity index (χ0v) is 13.4. The molecule has 0 radical (unpaired) electrons. The van der Waals surface area contributed by atoms with Crippen LogP contribution in [0, 0.1) is 11.8 Å². The monoisotopic (exact) mass is 304 g/mol.